The number of alkyl halides is 3. The van der Waals surface area contributed by atoms with Crippen LogP contribution in [-0.4, -0.2) is 29.8 Å². The van der Waals surface area contributed by atoms with Crippen molar-refractivity contribution in [2.24, 2.45) is 5.92 Å². The molecule has 1 heterocycles. The molecule has 0 atom stereocenters. The average molecular weight is 260 g/mol. The van der Waals surface area contributed by atoms with Gasteiger partial charge in [-0.2, -0.15) is 13.2 Å². The van der Waals surface area contributed by atoms with Crippen molar-refractivity contribution in [1.29, 1.82) is 0 Å². The highest BCUT2D eigenvalue weighted by Crippen LogP contribution is 2.31. The molecular weight excluding hydrogens is 245 g/mol. The molecule has 1 saturated carbocycles. The number of pyridine rings is 1. The van der Waals surface area contributed by atoms with E-state index >= 15 is 0 Å². The molecule has 0 amide bonds. The minimum Gasteiger partial charge on any atom is -0.393 e. The number of hydrogen-bond acceptors (Lipinski definition) is 3. The van der Waals surface area contributed by atoms with Crippen molar-refractivity contribution in [3.05, 3.63) is 23.9 Å². The van der Waals surface area contributed by atoms with Crippen LogP contribution in [0.1, 0.15) is 18.4 Å². The van der Waals surface area contributed by atoms with Crippen LogP contribution in [0, 0.1) is 5.92 Å². The normalized spacial score (nSPS) is 23.6. The van der Waals surface area contributed by atoms with Crippen LogP contribution >= 0.6 is 0 Å². The van der Waals surface area contributed by atoms with Crippen molar-refractivity contribution in [2.45, 2.75) is 25.1 Å². The van der Waals surface area contributed by atoms with Crippen LogP contribution in [0.5, 0.6) is 0 Å². The number of nitrogens with zero attached hydrogens (tertiary/aromatic N) is 2. The Balaban J connectivity index is 1.96. The van der Waals surface area contributed by atoms with Crippen molar-refractivity contribution in [3.8, 4) is 0 Å². The lowest BCUT2D eigenvalue weighted by Crippen LogP contribution is -2.37. The number of anilines is 1. The Bertz CT molecular complexity index is 399. The summed E-state index contributed by atoms with van der Waals surface area (Å²) < 4.78 is 37.1. The van der Waals surface area contributed by atoms with E-state index < -0.39 is 11.7 Å². The van der Waals surface area contributed by atoms with E-state index in [0.29, 0.717) is 18.3 Å². The minimum atomic E-state index is -4.35. The predicted molar refractivity (Wildman–Crippen MR) is 61.2 cm³/mol. The number of halogens is 3. The van der Waals surface area contributed by atoms with Crippen molar-refractivity contribution < 1.29 is 18.3 Å². The van der Waals surface area contributed by atoms with Crippen molar-refractivity contribution in [1.82, 2.24) is 4.98 Å². The van der Waals surface area contributed by atoms with E-state index in [0.717, 1.165) is 25.1 Å². The molecule has 0 aliphatic heterocycles. The zero-order valence-electron chi connectivity index (χ0n) is 9.98. The molecule has 1 aliphatic carbocycles. The van der Waals surface area contributed by atoms with Gasteiger partial charge in [0.15, 0.2) is 0 Å². The summed E-state index contributed by atoms with van der Waals surface area (Å²) in [4.78, 5) is 5.64. The maximum Gasteiger partial charge on any atom is 0.417 e. The van der Waals surface area contributed by atoms with Crippen LogP contribution in [0.25, 0.3) is 0 Å². The zero-order valence-corrected chi connectivity index (χ0v) is 9.98. The SMILES string of the molecule is CN(CC1CC(O)C1)c1ccc(C(F)(F)F)cn1. The molecule has 1 aliphatic rings. The predicted octanol–water partition coefficient (Wildman–Crippen LogP) is 2.31. The van der Waals surface area contributed by atoms with Crippen LogP contribution in [0.3, 0.4) is 0 Å². The van der Waals surface area contributed by atoms with E-state index in [4.69, 9.17) is 5.11 Å². The Kier molecular flexibility index (Phi) is 3.47. The van der Waals surface area contributed by atoms with Gasteiger partial charge < -0.3 is 10.0 Å². The van der Waals surface area contributed by atoms with Crippen molar-refractivity contribution >= 4 is 5.82 Å². The molecule has 0 spiro atoms. The smallest absolute Gasteiger partial charge is 0.393 e. The summed E-state index contributed by atoms with van der Waals surface area (Å²) in [5.41, 5.74) is -0.737. The maximum absolute atomic E-state index is 12.4. The Morgan fingerprint density at radius 2 is 2.06 bits per heavy atom. The first-order chi connectivity index (χ1) is 8.36. The van der Waals surface area contributed by atoms with Crippen LogP contribution in [0.4, 0.5) is 19.0 Å². The second-order valence-corrected chi connectivity index (χ2v) is 4.77. The van der Waals surface area contributed by atoms with Gasteiger partial charge in [-0.1, -0.05) is 0 Å². The summed E-state index contributed by atoms with van der Waals surface area (Å²) in [6, 6.07) is 2.41. The monoisotopic (exact) mass is 260 g/mol. The first-order valence-electron chi connectivity index (χ1n) is 5.78. The van der Waals surface area contributed by atoms with Gasteiger partial charge in [-0.05, 0) is 30.9 Å². The minimum absolute atomic E-state index is 0.219. The number of aromatic nitrogens is 1. The highest BCUT2D eigenvalue weighted by Gasteiger charge is 2.31. The van der Waals surface area contributed by atoms with Crippen LogP contribution in [-0.2, 0) is 6.18 Å². The quantitative estimate of drug-likeness (QED) is 0.906. The maximum atomic E-state index is 12.4. The summed E-state index contributed by atoms with van der Waals surface area (Å²) in [6.45, 7) is 0.704. The molecule has 0 bridgehead atoms. The molecule has 1 fully saturated rings. The van der Waals surface area contributed by atoms with Crippen LogP contribution in [0.2, 0.25) is 0 Å². The Morgan fingerprint density at radius 1 is 1.39 bits per heavy atom. The highest BCUT2D eigenvalue weighted by molar-refractivity contribution is 5.39. The van der Waals surface area contributed by atoms with Gasteiger partial charge in [0.25, 0.3) is 0 Å². The molecule has 2 rings (SSSR count). The Morgan fingerprint density at radius 3 is 2.50 bits per heavy atom. The molecule has 1 aromatic heterocycles. The van der Waals surface area contributed by atoms with Gasteiger partial charge in [-0.3, -0.25) is 0 Å². The first kappa shape index (κ1) is 13.1. The Labute approximate surface area is 103 Å². The summed E-state index contributed by atoms with van der Waals surface area (Å²) in [7, 11) is 1.79. The van der Waals surface area contributed by atoms with E-state index in [-0.39, 0.29) is 6.10 Å². The van der Waals surface area contributed by atoms with Gasteiger partial charge in [0, 0.05) is 19.8 Å². The van der Waals surface area contributed by atoms with Gasteiger partial charge in [-0.15, -0.1) is 0 Å². The lowest BCUT2D eigenvalue weighted by Gasteiger charge is -2.34. The van der Waals surface area contributed by atoms with Crippen LogP contribution in [0.15, 0.2) is 18.3 Å². The van der Waals surface area contributed by atoms with E-state index in [1.165, 1.54) is 6.07 Å². The second kappa shape index (κ2) is 4.76. The average Bonchev–Trinajstić information content (AvgIpc) is 2.26. The van der Waals surface area contributed by atoms with Crippen LogP contribution < -0.4 is 4.90 Å². The fraction of sp³-hybridized carbons (Fsp3) is 0.583. The molecule has 6 heteroatoms. The van der Waals surface area contributed by atoms with Crippen molar-refractivity contribution in [2.75, 3.05) is 18.5 Å². The van der Waals surface area contributed by atoms with E-state index in [9.17, 15) is 13.2 Å². The lowest BCUT2D eigenvalue weighted by molar-refractivity contribution is -0.137. The van der Waals surface area contributed by atoms with Gasteiger partial charge in [-0.25, -0.2) is 4.98 Å². The summed E-state index contributed by atoms with van der Waals surface area (Å²) in [6.07, 6.45) is -2.21. The summed E-state index contributed by atoms with van der Waals surface area (Å²) in [5.74, 6) is 0.915. The third kappa shape index (κ3) is 2.93. The number of rotatable bonds is 3. The Hall–Kier alpha value is -1.30. The molecule has 1 aromatic rings. The topological polar surface area (TPSA) is 36.4 Å². The number of aliphatic hydroxyl groups is 1. The standard InChI is InChI=1S/C12H15F3N2O/c1-17(7-8-4-10(18)5-8)11-3-2-9(6-16-11)12(13,14)15/h2-3,6,8,10,18H,4-5,7H2,1H3. The fourth-order valence-corrected chi connectivity index (χ4v) is 2.11. The van der Waals surface area contributed by atoms with E-state index in [1.807, 2.05) is 4.90 Å². The zero-order chi connectivity index (χ0) is 13.3. The van der Waals surface area contributed by atoms with Gasteiger partial charge in [0.2, 0.25) is 0 Å². The number of hydrogen-bond donors (Lipinski definition) is 1. The molecule has 100 valence electrons. The molecule has 18 heavy (non-hydrogen) atoms. The van der Waals surface area contributed by atoms with E-state index in [1.54, 1.807) is 7.05 Å². The summed E-state index contributed by atoms with van der Waals surface area (Å²) >= 11 is 0. The lowest BCUT2D eigenvalue weighted by atomic mass is 9.82. The molecule has 1 N–H and O–H groups in total. The molecule has 0 unspecified atom stereocenters. The van der Waals surface area contributed by atoms with E-state index in [2.05, 4.69) is 4.98 Å². The highest BCUT2D eigenvalue weighted by atomic mass is 19.4. The largest absolute Gasteiger partial charge is 0.417 e. The third-order valence-corrected chi connectivity index (χ3v) is 3.21. The molecule has 3 nitrogen and oxygen atoms in total. The number of aliphatic hydroxyl groups excluding tert-OH is 1. The molecule has 0 radical (unpaired) electrons. The third-order valence-electron chi connectivity index (χ3n) is 3.21. The van der Waals surface area contributed by atoms with Gasteiger partial charge in [0.05, 0.1) is 11.7 Å². The van der Waals surface area contributed by atoms with Gasteiger partial charge >= 0.3 is 6.18 Å². The summed E-state index contributed by atoms with van der Waals surface area (Å²) in [5, 5.41) is 9.17. The fourth-order valence-electron chi connectivity index (χ4n) is 2.11. The van der Waals surface area contributed by atoms with Crippen molar-refractivity contribution in [3.63, 3.8) is 0 Å². The van der Waals surface area contributed by atoms with Gasteiger partial charge in [0.1, 0.15) is 5.82 Å². The molecule has 0 saturated heterocycles. The first-order valence-corrected chi connectivity index (χ1v) is 5.78. The molecule has 0 aromatic carbocycles. The second-order valence-electron chi connectivity index (χ2n) is 4.77. The molecular formula is C12H15F3N2O.